The SMILES string of the molecule is NCC1CCCCCC1Cc1ccc(Br)cc1Cl. The third-order valence-corrected chi connectivity index (χ3v) is 4.96. The van der Waals surface area contributed by atoms with Gasteiger partial charge in [-0.25, -0.2) is 0 Å². The molecule has 0 amide bonds. The predicted octanol–water partition coefficient (Wildman–Crippen LogP) is 4.80. The average Bonchev–Trinajstić information content (AvgIpc) is 2.57. The lowest BCUT2D eigenvalue weighted by molar-refractivity contribution is 0.318. The van der Waals surface area contributed by atoms with Crippen molar-refractivity contribution >= 4 is 27.5 Å². The maximum atomic E-state index is 6.32. The van der Waals surface area contributed by atoms with E-state index in [0.717, 1.165) is 22.5 Å². The minimum Gasteiger partial charge on any atom is -0.330 e. The molecule has 0 aromatic heterocycles. The Bertz CT molecular complexity index is 394. The Morgan fingerprint density at radius 3 is 2.56 bits per heavy atom. The van der Waals surface area contributed by atoms with Gasteiger partial charge in [-0.05, 0) is 55.3 Å². The third-order valence-electron chi connectivity index (χ3n) is 4.12. The van der Waals surface area contributed by atoms with Crippen LogP contribution in [0.4, 0.5) is 0 Å². The number of hydrogen-bond acceptors (Lipinski definition) is 1. The van der Waals surface area contributed by atoms with Gasteiger partial charge in [-0.1, -0.05) is 52.9 Å². The highest BCUT2D eigenvalue weighted by atomic mass is 79.9. The van der Waals surface area contributed by atoms with Crippen molar-refractivity contribution in [2.75, 3.05) is 6.54 Å². The molecule has 2 unspecified atom stereocenters. The summed E-state index contributed by atoms with van der Waals surface area (Å²) in [6, 6.07) is 6.21. The first-order valence-corrected chi connectivity index (χ1v) is 8.02. The van der Waals surface area contributed by atoms with Gasteiger partial charge in [0.05, 0.1) is 0 Å². The molecular formula is C15H21BrClN. The highest BCUT2D eigenvalue weighted by Gasteiger charge is 2.23. The zero-order chi connectivity index (χ0) is 13.0. The molecule has 0 aliphatic heterocycles. The maximum Gasteiger partial charge on any atom is 0.0449 e. The topological polar surface area (TPSA) is 26.0 Å². The number of halogens is 2. The Kier molecular flexibility index (Phi) is 5.53. The van der Waals surface area contributed by atoms with Crippen LogP contribution >= 0.6 is 27.5 Å². The van der Waals surface area contributed by atoms with Crippen LogP contribution in [-0.2, 0) is 6.42 Å². The fraction of sp³-hybridized carbons (Fsp3) is 0.600. The van der Waals surface area contributed by atoms with Crippen LogP contribution in [0, 0.1) is 11.8 Å². The summed E-state index contributed by atoms with van der Waals surface area (Å²) in [6.45, 7) is 0.818. The van der Waals surface area contributed by atoms with Crippen LogP contribution < -0.4 is 5.73 Å². The van der Waals surface area contributed by atoms with Gasteiger partial charge in [0, 0.05) is 9.50 Å². The van der Waals surface area contributed by atoms with Gasteiger partial charge in [0.2, 0.25) is 0 Å². The minimum atomic E-state index is 0.673. The summed E-state index contributed by atoms with van der Waals surface area (Å²) in [5.74, 6) is 1.38. The fourth-order valence-corrected chi connectivity index (χ4v) is 3.76. The minimum absolute atomic E-state index is 0.673. The van der Waals surface area contributed by atoms with Gasteiger partial charge in [-0.2, -0.15) is 0 Å². The summed E-state index contributed by atoms with van der Waals surface area (Å²) in [6.07, 6.45) is 7.71. The molecule has 1 fully saturated rings. The Morgan fingerprint density at radius 2 is 1.89 bits per heavy atom. The third kappa shape index (κ3) is 3.72. The number of rotatable bonds is 3. The van der Waals surface area contributed by atoms with Crippen LogP contribution in [0.15, 0.2) is 22.7 Å². The van der Waals surface area contributed by atoms with E-state index in [1.807, 2.05) is 6.07 Å². The highest BCUT2D eigenvalue weighted by molar-refractivity contribution is 9.10. The van der Waals surface area contributed by atoms with E-state index in [2.05, 4.69) is 28.1 Å². The zero-order valence-electron chi connectivity index (χ0n) is 10.7. The number of hydrogen-bond donors (Lipinski definition) is 1. The maximum absolute atomic E-state index is 6.32. The molecule has 1 aromatic rings. The molecular weight excluding hydrogens is 310 g/mol. The van der Waals surface area contributed by atoms with Gasteiger partial charge in [0.15, 0.2) is 0 Å². The van der Waals surface area contributed by atoms with Crippen molar-refractivity contribution < 1.29 is 0 Å². The molecule has 2 rings (SSSR count). The molecule has 0 radical (unpaired) electrons. The molecule has 1 aliphatic carbocycles. The van der Waals surface area contributed by atoms with E-state index >= 15 is 0 Å². The highest BCUT2D eigenvalue weighted by Crippen LogP contribution is 2.33. The summed E-state index contributed by atoms with van der Waals surface area (Å²) in [5.41, 5.74) is 7.21. The first-order chi connectivity index (χ1) is 8.70. The Morgan fingerprint density at radius 1 is 1.17 bits per heavy atom. The fourth-order valence-electron chi connectivity index (χ4n) is 3.01. The van der Waals surface area contributed by atoms with Gasteiger partial charge < -0.3 is 5.73 Å². The van der Waals surface area contributed by atoms with Gasteiger partial charge in [0.1, 0.15) is 0 Å². The van der Waals surface area contributed by atoms with Crippen molar-refractivity contribution in [2.24, 2.45) is 17.6 Å². The molecule has 3 heteroatoms. The second kappa shape index (κ2) is 6.93. The normalized spacial score (nSPS) is 24.8. The summed E-state index contributed by atoms with van der Waals surface area (Å²) >= 11 is 9.77. The van der Waals surface area contributed by atoms with Crippen molar-refractivity contribution in [2.45, 2.75) is 38.5 Å². The van der Waals surface area contributed by atoms with Crippen molar-refractivity contribution in [3.8, 4) is 0 Å². The van der Waals surface area contributed by atoms with Crippen LogP contribution in [0.5, 0.6) is 0 Å². The summed E-state index contributed by atoms with van der Waals surface area (Å²) < 4.78 is 1.05. The van der Waals surface area contributed by atoms with E-state index in [-0.39, 0.29) is 0 Å². The molecule has 0 saturated heterocycles. The van der Waals surface area contributed by atoms with Crippen LogP contribution in [0.25, 0.3) is 0 Å². The second-order valence-electron chi connectivity index (χ2n) is 5.33. The lowest BCUT2D eigenvalue weighted by atomic mass is 9.83. The van der Waals surface area contributed by atoms with Gasteiger partial charge in [-0.3, -0.25) is 0 Å². The lowest BCUT2D eigenvalue weighted by Crippen LogP contribution is -2.24. The predicted molar refractivity (Wildman–Crippen MR) is 82.0 cm³/mol. The Hall–Kier alpha value is -0.0500. The largest absolute Gasteiger partial charge is 0.330 e. The lowest BCUT2D eigenvalue weighted by Gasteiger charge is -2.24. The zero-order valence-corrected chi connectivity index (χ0v) is 13.0. The Balaban J connectivity index is 2.10. The van der Waals surface area contributed by atoms with E-state index in [1.54, 1.807) is 0 Å². The molecule has 0 heterocycles. The summed E-state index contributed by atoms with van der Waals surface area (Å²) in [7, 11) is 0. The van der Waals surface area contributed by atoms with Gasteiger partial charge >= 0.3 is 0 Å². The Labute approximate surface area is 123 Å². The van der Waals surface area contributed by atoms with Crippen LogP contribution in [-0.4, -0.2) is 6.54 Å². The van der Waals surface area contributed by atoms with Gasteiger partial charge in [0.25, 0.3) is 0 Å². The quantitative estimate of drug-likeness (QED) is 0.791. The van der Waals surface area contributed by atoms with E-state index in [4.69, 9.17) is 17.3 Å². The molecule has 1 aliphatic rings. The van der Waals surface area contributed by atoms with Crippen molar-refractivity contribution in [3.05, 3.63) is 33.3 Å². The first-order valence-electron chi connectivity index (χ1n) is 6.84. The monoisotopic (exact) mass is 329 g/mol. The molecule has 2 atom stereocenters. The molecule has 1 aromatic carbocycles. The first kappa shape index (κ1) is 14.4. The van der Waals surface area contributed by atoms with E-state index in [0.29, 0.717) is 11.8 Å². The summed E-state index contributed by atoms with van der Waals surface area (Å²) in [5, 5.41) is 0.879. The molecule has 0 spiro atoms. The molecule has 1 nitrogen and oxygen atoms in total. The van der Waals surface area contributed by atoms with Gasteiger partial charge in [-0.15, -0.1) is 0 Å². The van der Waals surface area contributed by atoms with E-state index in [1.165, 1.54) is 37.7 Å². The molecule has 1 saturated carbocycles. The van der Waals surface area contributed by atoms with Crippen LogP contribution in [0.2, 0.25) is 5.02 Å². The molecule has 0 bridgehead atoms. The van der Waals surface area contributed by atoms with Crippen molar-refractivity contribution in [1.29, 1.82) is 0 Å². The van der Waals surface area contributed by atoms with E-state index in [9.17, 15) is 0 Å². The summed E-state index contributed by atoms with van der Waals surface area (Å²) in [4.78, 5) is 0. The molecule has 100 valence electrons. The standard InChI is InChI=1S/C15H21BrClN/c16-14-7-6-12(15(17)9-14)8-11-4-2-1-3-5-13(11)10-18/h6-7,9,11,13H,1-5,8,10,18H2. The molecule has 18 heavy (non-hydrogen) atoms. The number of nitrogens with two attached hydrogens (primary N) is 1. The smallest absolute Gasteiger partial charge is 0.0449 e. The average molecular weight is 331 g/mol. The number of benzene rings is 1. The van der Waals surface area contributed by atoms with Crippen molar-refractivity contribution in [3.63, 3.8) is 0 Å². The van der Waals surface area contributed by atoms with Crippen molar-refractivity contribution in [1.82, 2.24) is 0 Å². The molecule has 2 N–H and O–H groups in total. The van der Waals surface area contributed by atoms with Crippen LogP contribution in [0.1, 0.15) is 37.7 Å². The second-order valence-corrected chi connectivity index (χ2v) is 6.66. The van der Waals surface area contributed by atoms with E-state index < -0.39 is 0 Å². The van der Waals surface area contributed by atoms with Crippen LogP contribution in [0.3, 0.4) is 0 Å².